The molecule has 2 N–H and O–H groups in total. The van der Waals surface area contributed by atoms with Crippen LogP contribution in [0.25, 0.3) is 0 Å². The number of nitrogens with one attached hydrogen (secondary N) is 1. The molecule has 27 heavy (non-hydrogen) atoms. The molecule has 8 heteroatoms. The lowest BCUT2D eigenvalue weighted by atomic mass is 9.78. The lowest BCUT2D eigenvalue weighted by molar-refractivity contribution is -0.384. The number of rotatable bonds is 9. The SMILES string of the molecule is CCOC(=O)C(C)(CC)C(O)C(Oc1ccc([N+](=O)[O-])cc1)c1ccc[nH]1. The Labute approximate surface area is 157 Å². The third kappa shape index (κ3) is 4.46. The van der Waals surface area contributed by atoms with E-state index in [-0.39, 0.29) is 12.3 Å². The quantitative estimate of drug-likeness (QED) is 0.394. The zero-order valence-electron chi connectivity index (χ0n) is 15.5. The Morgan fingerprint density at radius 1 is 1.30 bits per heavy atom. The summed E-state index contributed by atoms with van der Waals surface area (Å²) in [6, 6.07) is 9.03. The van der Waals surface area contributed by atoms with Crippen LogP contribution in [0.15, 0.2) is 42.6 Å². The predicted molar refractivity (Wildman–Crippen MR) is 98.3 cm³/mol. The molecule has 0 saturated heterocycles. The van der Waals surface area contributed by atoms with Crippen molar-refractivity contribution in [1.82, 2.24) is 4.98 Å². The van der Waals surface area contributed by atoms with Crippen molar-refractivity contribution in [3.63, 3.8) is 0 Å². The van der Waals surface area contributed by atoms with E-state index in [2.05, 4.69) is 4.98 Å². The molecule has 0 aliphatic carbocycles. The van der Waals surface area contributed by atoms with Gasteiger partial charge in [0.25, 0.3) is 5.69 Å². The molecule has 1 aromatic carbocycles. The van der Waals surface area contributed by atoms with E-state index in [1.165, 1.54) is 24.3 Å². The molecule has 3 unspecified atom stereocenters. The van der Waals surface area contributed by atoms with Crippen LogP contribution in [-0.4, -0.2) is 33.7 Å². The number of aliphatic hydroxyl groups excluding tert-OH is 1. The Kier molecular flexibility index (Phi) is 6.57. The van der Waals surface area contributed by atoms with Gasteiger partial charge in [-0.3, -0.25) is 14.9 Å². The van der Waals surface area contributed by atoms with Gasteiger partial charge in [-0.05, 0) is 44.5 Å². The molecule has 146 valence electrons. The average molecular weight is 376 g/mol. The summed E-state index contributed by atoms with van der Waals surface area (Å²) in [7, 11) is 0. The first-order valence-electron chi connectivity index (χ1n) is 8.73. The second-order valence-electron chi connectivity index (χ2n) is 6.35. The third-order valence-electron chi connectivity index (χ3n) is 4.65. The number of nitrogens with zero attached hydrogens (tertiary/aromatic N) is 1. The fourth-order valence-electron chi connectivity index (χ4n) is 2.72. The average Bonchev–Trinajstić information content (AvgIpc) is 3.19. The lowest BCUT2D eigenvalue weighted by Crippen LogP contribution is -2.45. The first-order chi connectivity index (χ1) is 12.8. The summed E-state index contributed by atoms with van der Waals surface area (Å²) < 4.78 is 11.1. The maximum Gasteiger partial charge on any atom is 0.314 e. The Hall–Kier alpha value is -2.87. The largest absolute Gasteiger partial charge is 0.481 e. The number of nitro benzene ring substituents is 1. The molecule has 3 atom stereocenters. The topological polar surface area (TPSA) is 115 Å². The Bertz CT molecular complexity index is 759. The zero-order chi connectivity index (χ0) is 20.0. The molecule has 0 aliphatic rings. The second kappa shape index (κ2) is 8.68. The van der Waals surface area contributed by atoms with Crippen molar-refractivity contribution in [2.24, 2.45) is 5.41 Å². The van der Waals surface area contributed by atoms with Gasteiger partial charge < -0.3 is 19.6 Å². The number of hydrogen-bond donors (Lipinski definition) is 2. The molecule has 0 saturated carbocycles. The number of carbonyl (C=O) groups is 1. The minimum atomic E-state index is -1.21. The van der Waals surface area contributed by atoms with Crippen molar-refractivity contribution in [2.75, 3.05) is 6.61 Å². The van der Waals surface area contributed by atoms with Gasteiger partial charge in [-0.15, -0.1) is 0 Å². The van der Waals surface area contributed by atoms with E-state index in [1.54, 1.807) is 39.1 Å². The summed E-state index contributed by atoms with van der Waals surface area (Å²) in [5.41, 5.74) is -0.680. The Morgan fingerprint density at radius 3 is 2.44 bits per heavy atom. The van der Waals surface area contributed by atoms with Crippen LogP contribution in [0.1, 0.15) is 39.0 Å². The molecule has 1 aromatic heterocycles. The lowest BCUT2D eigenvalue weighted by Gasteiger charge is -2.35. The van der Waals surface area contributed by atoms with Gasteiger partial charge in [-0.25, -0.2) is 0 Å². The number of hydrogen-bond acceptors (Lipinski definition) is 6. The normalized spacial score (nSPS) is 15.4. The van der Waals surface area contributed by atoms with Gasteiger partial charge in [0.1, 0.15) is 11.9 Å². The van der Waals surface area contributed by atoms with Crippen LogP contribution in [0.5, 0.6) is 5.75 Å². The number of esters is 1. The number of ether oxygens (including phenoxy) is 2. The molecular formula is C19H24N2O6. The maximum atomic E-state index is 12.5. The van der Waals surface area contributed by atoms with Crippen LogP contribution in [-0.2, 0) is 9.53 Å². The number of non-ortho nitro benzene ring substituents is 1. The number of carbonyl (C=O) groups excluding carboxylic acids is 1. The molecule has 2 rings (SSSR count). The van der Waals surface area contributed by atoms with Crippen LogP contribution in [0, 0.1) is 15.5 Å². The van der Waals surface area contributed by atoms with E-state index >= 15 is 0 Å². The summed E-state index contributed by atoms with van der Waals surface area (Å²) in [6.07, 6.45) is -0.0818. The van der Waals surface area contributed by atoms with Crippen molar-refractivity contribution < 1.29 is 24.3 Å². The highest BCUT2D eigenvalue weighted by atomic mass is 16.6. The summed E-state index contributed by atoms with van der Waals surface area (Å²) in [6.45, 7) is 5.33. The highest BCUT2D eigenvalue weighted by molar-refractivity contribution is 5.77. The first kappa shape index (κ1) is 20.4. The van der Waals surface area contributed by atoms with Crippen LogP contribution in [0.3, 0.4) is 0 Å². The van der Waals surface area contributed by atoms with Crippen LogP contribution >= 0.6 is 0 Å². The molecule has 0 spiro atoms. The summed E-state index contributed by atoms with van der Waals surface area (Å²) in [4.78, 5) is 25.8. The fourth-order valence-corrected chi connectivity index (χ4v) is 2.72. The predicted octanol–water partition coefficient (Wildman–Crippen LogP) is 3.38. The monoisotopic (exact) mass is 376 g/mol. The van der Waals surface area contributed by atoms with Crippen LogP contribution < -0.4 is 4.74 Å². The first-order valence-corrected chi connectivity index (χ1v) is 8.73. The van der Waals surface area contributed by atoms with Crippen molar-refractivity contribution in [3.05, 3.63) is 58.4 Å². The number of aliphatic hydroxyl groups is 1. The van der Waals surface area contributed by atoms with Gasteiger partial charge in [0.15, 0.2) is 6.10 Å². The zero-order valence-corrected chi connectivity index (χ0v) is 15.5. The number of aromatic amines is 1. The van der Waals surface area contributed by atoms with Crippen LogP contribution in [0.4, 0.5) is 5.69 Å². The number of nitro groups is 1. The van der Waals surface area contributed by atoms with Gasteiger partial charge >= 0.3 is 5.97 Å². The maximum absolute atomic E-state index is 12.5. The van der Waals surface area contributed by atoms with Crippen molar-refractivity contribution in [2.45, 2.75) is 39.4 Å². The standard InChI is InChI=1S/C19H24N2O6/c1-4-19(3,18(23)26-5-2)17(22)16(15-7-6-12-20-15)27-14-10-8-13(9-11-14)21(24)25/h6-12,16-17,20,22H,4-5H2,1-3H3. The van der Waals surface area contributed by atoms with E-state index in [1.807, 2.05) is 0 Å². The minimum Gasteiger partial charge on any atom is -0.481 e. The van der Waals surface area contributed by atoms with Gasteiger partial charge in [0.05, 0.1) is 22.6 Å². The molecule has 8 nitrogen and oxygen atoms in total. The van der Waals surface area contributed by atoms with E-state index in [4.69, 9.17) is 9.47 Å². The number of benzene rings is 1. The van der Waals surface area contributed by atoms with Gasteiger partial charge in [0, 0.05) is 18.3 Å². The molecule has 0 amide bonds. The highest BCUT2D eigenvalue weighted by Gasteiger charge is 2.46. The number of aromatic nitrogens is 1. The smallest absolute Gasteiger partial charge is 0.314 e. The van der Waals surface area contributed by atoms with Gasteiger partial charge in [-0.1, -0.05) is 6.92 Å². The van der Waals surface area contributed by atoms with Crippen molar-refractivity contribution in [3.8, 4) is 5.75 Å². The molecule has 0 aliphatic heterocycles. The van der Waals surface area contributed by atoms with Crippen molar-refractivity contribution in [1.29, 1.82) is 0 Å². The molecule has 0 bridgehead atoms. The van der Waals surface area contributed by atoms with Gasteiger partial charge in [0.2, 0.25) is 0 Å². The van der Waals surface area contributed by atoms with Gasteiger partial charge in [-0.2, -0.15) is 0 Å². The molecular weight excluding hydrogens is 352 g/mol. The van der Waals surface area contributed by atoms with Crippen LogP contribution in [0.2, 0.25) is 0 Å². The molecule has 2 aromatic rings. The molecule has 0 fully saturated rings. The Morgan fingerprint density at radius 2 is 1.96 bits per heavy atom. The minimum absolute atomic E-state index is 0.0655. The second-order valence-corrected chi connectivity index (χ2v) is 6.35. The fraction of sp³-hybridized carbons (Fsp3) is 0.421. The molecule has 0 radical (unpaired) electrons. The highest BCUT2D eigenvalue weighted by Crippen LogP contribution is 2.37. The Balaban J connectivity index is 2.34. The number of H-pyrrole nitrogens is 1. The van der Waals surface area contributed by atoms with E-state index < -0.39 is 28.5 Å². The molecule has 1 heterocycles. The third-order valence-corrected chi connectivity index (χ3v) is 4.65. The summed E-state index contributed by atoms with van der Waals surface area (Å²) >= 11 is 0. The van der Waals surface area contributed by atoms with E-state index in [0.717, 1.165) is 0 Å². The summed E-state index contributed by atoms with van der Waals surface area (Å²) in [5.74, 6) is -0.176. The van der Waals surface area contributed by atoms with E-state index in [9.17, 15) is 20.0 Å². The van der Waals surface area contributed by atoms with Crippen molar-refractivity contribution >= 4 is 11.7 Å². The summed E-state index contributed by atoms with van der Waals surface area (Å²) in [5, 5.41) is 21.9. The van der Waals surface area contributed by atoms with E-state index in [0.29, 0.717) is 17.9 Å².